The lowest BCUT2D eigenvalue weighted by atomic mass is 10.1. The monoisotopic (exact) mass is 301 g/mol. The van der Waals surface area contributed by atoms with Gasteiger partial charge in [0, 0.05) is 4.47 Å². The number of hydrogen-bond donors (Lipinski definition) is 0. The van der Waals surface area contributed by atoms with E-state index in [4.69, 9.17) is 21.6 Å². The number of ether oxygens (including phenoxy) is 1. The van der Waals surface area contributed by atoms with Crippen molar-refractivity contribution in [3.8, 4) is 6.07 Å². The normalized spacial score (nSPS) is 9.62. The van der Waals surface area contributed by atoms with Gasteiger partial charge < -0.3 is 4.74 Å². The Bertz CT molecular complexity index is 454. The van der Waals surface area contributed by atoms with Crippen LogP contribution in [0.4, 0.5) is 0 Å². The summed E-state index contributed by atoms with van der Waals surface area (Å²) in [6.45, 7) is 2.09. The van der Waals surface area contributed by atoms with Gasteiger partial charge in [-0.05, 0) is 34.5 Å². The molecule has 0 atom stereocenters. The predicted molar refractivity (Wildman–Crippen MR) is 64.2 cm³/mol. The van der Waals surface area contributed by atoms with Crippen LogP contribution in [0, 0.1) is 11.3 Å². The van der Waals surface area contributed by atoms with Crippen molar-refractivity contribution in [2.24, 2.45) is 0 Å². The highest BCUT2D eigenvalue weighted by Crippen LogP contribution is 2.28. The third kappa shape index (κ3) is 2.97. The molecule has 0 saturated heterocycles. The highest BCUT2D eigenvalue weighted by molar-refractivity contribution is 9.10. The van der Waals surface area contributed by atoms with E-state index >= 15 is 0 Å². The largest absolute Gasteiger partial charge is 0.466 e. The molecule has 0 N–H and O–H groups in total. The van der Waals surface area contributed by atoms with Crippen LogP contribution in [0.2, 0.25) is 5.02 Å². The summed E-state index contributed by atoms with van der Waals surface area (Å²) in [7, 11) is 0. The van der Waals surface area contributed by atoms with E-state index in [9.17, 15) is 4.79 Å². The van der Waals surface area contributed by atoms with Gasteiger partial charge >= 0.3 is 5.97 Å². The van der Waals surface area contributed by atoms with E-state index < -0.39 is 0 Å². The second-order valence-electron chi connectivity index (χ2n) is 2.99. The van der Waals surface area contributed by atoms with Crippen molar-refractivity contribution in [1.82, 2.24) is 0 Å². The van der Waals surface area contributed by atoms with E-state index in [0.717, 1.165) is 0 Å². The number of carbonyl (C=O) groups is 1. The first-order valence-corrected chi connectivity index (χ1v) is 5.79. The topological polar surface area (TPSA) is 50.1 Å². The van der Waals surface area contributed by atoms with E-state index in [0.29, 0.717) is 27.2 Å². The molecule has 5 heteroatoms. The Morgan fingerprint density at radius 2 is 2.31 bits per heavy atom. The number of hydrogen-bond acceptors (Lipinski definition) is 3. The Morgan fingerprint density at radius 1 is 1.62 bits per heavy atom. The zero-order chi connectivity index (χ0) is 12.1. The Labute approximate surface area is 107 Å². The first-order chi connectivity index (χ1) is 7.60. The molecule has 0 fully saturated rings. The van der Waals surface area contributed by atoms with Crippen LogP contribution in [0.15, 0.2) is 16.6 Å². The number of carbonyl (C=O) groups excluding carboxylic acids is 1. The van der Waals surface area contributed by atoms with Gasteiger partial charge in [0.25, 0.3) is 0 Å². The fraction of sp³-hybridized carbons (Fsp3) is 0.273. The van der Waals surface area contributed by atoms with Gasteiger partial charge in [-0.25, -0.2) is 0 Å². The number of nitrogens with zero attached hydrogens (tertiary/aromatic N) is 1. The maximum absolute atomic E-state index is 11.3. The van der Waals surface area contributed by atoms with E-state index in [2.05, 4.69) is 15.9 Å². The average molecular weight is 303 g/mol. The lowest BCUT2D eigenvalue weighted by Gasteiger charge is -2.06. The maximum atomic E-state index is 11.3. The van der Waals surface area contributed by atoms with Gasteiger partial charge in [-0.2, -0.15) is 5.26 Å². The highest BCUT2D eigenvalue weighted by Gasteiger charge is 2.13. The Morgan fingerprint density at radius 3 is 2.88 bits per heavy atom. The molecule has 3 nitrogen and oxygen atoms in total. The molecule has 16 heavy (non-hydrogen) atoms. The molecule has 0 spiro atoms. The Balaban J connectivity index is 2.99. The molecule has 1 aromatic carbocycles. The average Bonchev–Trinajstić information content (AvgIpc) is 2.23. The van der Waals surface area contributed by atoms with E-state index in [-0.39, 0.29) is 12.4 Å². The molecule has 1 aromatic rings. The molecule has 0 aliphatic heterocycles. The number of benzene rings is 1. The van der Waals surface area contributed by atoms with Gasteiger partial charge in [-0.3, -0.25) is 4.79 Å². The molecule has 0 unspecified atom stereocenters. The van der Waals surface area contributed by atoms with Gasteiger partial charge in [-0.1, -0.05) is 17.7 Å². The minimum Gasteiger partial charge on any atom is -0.466 e. The van der Waals surface area contributed by atoms with Gasteiger partial charge in [0.05, 0.1) is 23.6 Å². The lowest BCUT2D eigenvalue weighted by Crippen LogP contribution is -2.08. The predicted octanol–water partition coefficient (Wildman–Crippen LogP) is 3.08. The summed E-state index contributed by atoms with van der Waals surface area (Å²) >= 11 is 9.09. The van der Waals surface area contributed by atoms with Crippen molar-refractivity contribution >= 4 is 33.5 Å². The molecule has 0 saturated carbocycles. The van der Waals surface area contributed by atoms with Gasteiger partial charge in [0.15, 0.2) is 0 Å². The number of esters is 1. The minimum atomic E-state index is -0.325. The summed E-state index contributed by atoms with van der Waals surface area (Å²) in [5, 5.41) is 9.24. The molecular formula is C11H9BrClNO2. The smallest absolute Gasteiger partial charge is 0.310 e. The highest BCUT2D eigenvalue weighted by atomic mass is 79.9. The molecule has 0 bridgehead atoms. The van der Waals surface area contributed by atoms with Gasteiger partial charge in [-0.15, -0.1) is 0 Å². The van der Waals surface area contributed by atoms with Crippen LogP contribution >= 0.6 is 27.5 Å². The second-order valence-corrected chi connectivity index (χ2v) is 4.19. The summed E-state index contributed by atoms with van der Waals surface area (Å²) < 4.78 is 5.38. The molecule has 1 rings (SSSR count). The van der Waals surface area contributed by atoms with Crippen LogP contribution in [0.3, 0.4) is 0 Å². The standard InChI is InChI=1S/C11H9BrClNO2/c1-2-16-10(15)5-7-3-4-9(13)8(6-14)11(7)12/h3-4H,2,5H2,1H3. The fourth-order valence-corrected chi connectivity index (χ4v) is 2.09. The van der Waals surface area contributed by atoms with Crippen LogP contribution in [-0.4, -0.2) is 12.6 Å². The summed E-state index contributed by atoms with van der Waals surface area (Å²) in [6, 6.07) is 5.27. The second kappa shape index (κ2) is 5.88. The molecule has 84 valence electrons. The fourth-order valence-electron chi connectivity index (χ4n) is 1.20. The van der Waals surface area contributed by atoms with Gasteiger partial charge in [0.2, 0.25) is 0 Å². The van der Waals surface area contributed by atoms with Crippen molar-refractivity contribution in [1.29, 1.82) is 5.26 Å². The first-order valence-electron chi connectivity index (χ1n) is 4.62. The van der Waals surface area contributed by atoms with Crippen molar-refractivity contribution in [3.63, 3.8) is 0 Å². The van der Waals surface area contributed by atoms with Crippen molar-refractivity contribution in [3.05, 3.63) is 32.8 Å². The summed E-state index contributed by atoms with van der Waals surface area (Å²) in [4.78, 5) is 11.3. The third-order valence-electron chi connectivity index (χ3n) is 1.92. The summed E-state index contributed by atoms with van der Waals surface area (Å²) in [5.41, 5.74) is 1.03. The van der Waals surface area contributed by atoms with Crippen molar-refractivity contribution < 1.29 is 9.53 Å². The quantitative estimate of drug-likeness (QED) is 0.806. The van der Waals surface area contributed by atoms with Crippen LogP contribution in [0.5, 0.6) is 0 Å². The van der Waals surface area contributed by atoms with Crippen LogP contribution in [-0.2, 0) is 16.0 Å². The SMILES string of the molecule is CCOC(=O)Cc1ccc(Cl)c(C#N)c1Br. The molecule has 0 amide bonds. The van der Waals surface area contributed by atoms with Crippen LogP contribution in [0.1, 0.15) is 18.1 Å². The molecular weight excluding hydrogens is 293 g/mol. The molecule has 0 heterocycles. The molecule has 0 aliphatic rings. The minimum absolute atomic E-state index is 0.125. The first kappa shape index (κ1) is 13.0. The Kier molecular flexibility index (Phi) is 4.78. The van der Waals surface area contributed by atoms with E-state index in [1.54, 1.807) is 19.1 Å². The zero-order valence-corrected chi connectivity index (χ0v) is 10.9. The van der Waals surface area contributed by atoms with Crippen LogP contribution < -0.4 is 0 Å². The van der Waals surface area contributed by atoms with E-state index in [1.807, 2.05) is 6.07 Å². The summed E-state index contributed by atoms with van der Waals surface area (Å²) in [6.07, 6.45) is 0.125. The summed E-state index contributed by atoms with van der Waals surface area (Å²) in [5.74, 6) is -0.325. The van der Waals surface area contributed by atoms with Crippen molar-refractivity contribution in [2.45, 2.75) is 13.3 Å². The molecule has 0 aromatic heterocycles. The van der Waals surface area contributed by atoms with Crippen LogP contribution in [0.25, 0.3) is 0 Å². The lowest BCUT2D eigenvalue weighted by molar-refractivity contribution is -0.142. The number of nitriles is 1. The van der Waals surface area contributed by atoms with E-state index in [1.165, 1.54) is 0 Å². The number of halogens is 2. The molecule has 0 radical (unpaired) electrons. The number of rotatable bonds is 3. The molecule has 0 aliphatic carbocycles. The maximum Gasteiger partial charge on any atom is 0.310 e. The van der Waals surface area contributed by atoms with Gasteiger partial charge in [0.1, 0.15) is 6.07 Å². The zero-order valence-electron chi connectivity index (χ0n) is 8.59. The van der Waals surface area contributed by atoms with Crippen molar-refractivity contribution in [2.75, 3.05) is 6.61 Å². The third-order valence-corrected chi connectivity index (χ3v) is 3.14. The Hall–Kier alpha value is -1.05.